The molecule has 47 heavy (non-hydrogen) atoms. The Kier molecular flexibility index (Phi) is 8.49. The fraction of sp³-hybridized carbons (Fsp3) is 0. The summed E-state index contributed by atoms with van der Waals surface area (Å²) in [6.45, 7) is 0. The maximum absolute atomic E-state index is 13.3. The lowest BCUT2D eigenvalue weighted by molar-refractivity contribution is 0.575. The lowest BCUT2D eigenvalue weighted by atomic mass is 10.2. The van der Waals surface area contributed by atoms with Crippen LogP contribution in [-0.4, -0.2) is 45.6 Å². The van der Waals surface area contributed by atoms with Crippen LogP contribution in [0.2, 0.25) is 10.0 Å². The molecule has 6 rings (SSSR count). The van der Waals surface area contributed by atoms with E-state index in [1.165, 1.54) is 97.1 Å². The van der Waals surface area contributed by atoms with Crippen molar-refractivity contribution in [2.75, 3.05) is 9.44 Å². The lowest BCUT2D eigenvalue weighted by Crippen LogP contribution is -2.13. The third-order valence-electron chi connectivity index (χ3n) is 6.36. The first-order valence-electron chi connectivity index (χ1n) is 13.0. The molecule has 0 bridgehead atoms. The van der Waals surface area contributed by atoms with Crippen LogP contribution in [0.1, 0.15) is 0 Å². The normalized spacial score (nSPS) is 12.1. The highest BCUT2D eigenvalue weighted by atomic mass is 35.5. The molecule has 2 heterocycles. The predicted octanol–water partition coefficient (Wildman–Crippen LogP) is 5.53. The summed E-state index contributed by atoms with van der Waals surface area (Å²) in [5.74, 6) is -0.108. The van der Waals surface area contributed by atoms with E-state index in [9.17, 15) is 25.3 Å². The minimum atomic E-state index is -4.02. The Morgan fingerprint density at radius 3 is 1.11 bits per heavy atom. The summed E-state index contributed by atoms with van der Waals surface area (Å²) >= 11 is 11.6. The van der Waals surface area contributed by atoms with E-state index in [4.69, 9.17) is 32.0 Å². The molecule has 2 aromatic heterocycles. The van der Waals surface area contributed by atoms with Crippen LogP contribution in [0, 0.1) is 0 Å². The van der Waals surface area contributed by atoms with Crippen molar-refractivity contribution in [3.63, 3.8) is 0 Å². The Bertz CT molecular complexity index is 2230. The van der Waals surface area contributed by atoms with Gasteiger partial charge in [-0.25, -0.2) is 34.7 Å². The molecule has 240 valence electrons. The Balaban J connectivity index is 1.13. The second-order valence-electron chi connectivity index (χ2n) is 9.50. The van der Waals surface area contributed by atoms with Crippen LogP contribution in [0.15, 0.2) is 125 Å². The van der Waals surface area contributed by atoms with Gasteiger partial charge in [-0.15, -0.1) is 10.2 Å². The standard InChI is InChI=1S/C28H18Cl2N6O8S3/c29-19-5-13-23(14-6-19)46(39,40)35-27-33-31-25(43-27)17-1-9-21(10-2-17)45(37,38)22-11-3-18(4-12-22)26-32-34-28(44-26)36-47(41,42)24-15-7-20(30)8-16-24/h1-16H,(H,33,35)(H,34,36). The van der Waals surface area contributed by atoms with Crippen LogP contribution in [0.25, 0.3) is 22.9 Å². The minimum Gasteiger partial charge on any atom is -0.403 e. The number of sulfonamides is 2. The Morgan fingerprint density at radius 1 is 0.447 bits per heavy atom. The van der Waals surface area contributed by atoms with Gasteiger partial charge in [-0.05, 0) is 97.1 Å². The summed E-state index contributed by atoms with van der Waals surface area (Å²) < 4.78 is 92.1. The highest BCUT2D eigenvalue weighted by Gasteiger charge is 2.22. The van der Waals surface area contributed by atoms with Gasteiger partial charge in [0, 0.05) is 21.2 Å². The van der Waals surface area contributed by atoms with Gasteiger partial charge in [0.1, 0.15) is 0 Å². The summed E-state index contributed by atoms with van der Waals surface area (Å²) in [6.07, 6.45) is 0. The Hall–Kier alpha value is -4.81. The molecular weight excluding hydrogens is 715 g/mol. The summed E-state index contributed by atoms with van der Waals surface area (Å²) in [4.78, 5) is -0.227. The number of halogens is 2. The molecule has 0 radical (unpaired) electrons. The largest absolute Gasteiger partial charge is 0.403 e. The number of aromatic nitrogens is 4. The number of nitrogens with one attached hydrogen (secondary N) is 2. The summed E-state index contributed by atoms with van der Waals surface area (Å²) in [5, 5.41) is 15.8. The maximum atomic E-state index is 13.3. The SMILES string of the molecule is O=S(=O)(Nc1nnc(-c2ccc(S(=O)(=O)c3ccc(-c4nnc(NS(=O)(=O)c5ccc(Cl)cc5)o4)cc3)cc2)o1)c1ccc(Cl)cc1. The first-order valence-corrected chi connectivity index (χ1v) is 18.2. The molecule has 0 atom stereocenters. The fourth-order valence-electron chi connectivity index (χ4n) is 4.03. The van der Waals surface area contributed by atoms with Crippen molar-refractivity contribution in [3.05, 3.63) is 107 Å². The van der Waals surface area contributed by atoms with E-state index in [0.717, 1.165) is 0 Å². The molecule has 0 spiro atoms. The van der Waals surface area contributed by atoms with E-state index in [1.807, 2.05) is 0 Å². The van der Waals surface area contributed by atoms with Gasteiger partial charge in [0.05, 0.1) is 19.6 Å². The number of rotatable bonds is 10. The van der Waals surface area contributed by atoms with E-state index in [2.05, 4.69) is 29.8 Å². The van der Waals surface area contributed by atoms with Crippen LogP contribution in [0.5, 0.6) is 0 Å². The monoisotopic (exact) mass is 732 g/mol. The topological polar surface area (TPSA) is 204 Å². The second kappa shape index (κ2) is 12.4. The smallest absolute Gasteiger partial charge is 0.330 e. The summed E-state index contributed by atoms with van der Waals surface area (Å²) in [5.41, 5.74) is 0.672. The van der Waals surface area contributed by atoms with Crippen molar-refractivity contribution in [2.45, 2.75) is 19.6 Å². The van der Waals surface area contributed by atoms with E-state index >= 15 is 0 Å². The minimum absolute atomic E-state index is 0.0473. The van der Waals surface area contributed by atoms with Gasteiger partial charge in [-0.1, -0.05) is 33.4 Å². The van der Waals surface area contributed by atoms with Crippen LogP contribution in [0.3, 0.4) is 0 Å². The van der Waals surface area contributed by atoms with Crippen molar-refractivity contribution in [1.82, 2.24) is 20.4 Å². The van der Waals surface area contributed by atoms with Crippen molar-refractivity contribution in [2.24, 2.45) is 0 Å². The number of hydrogen-bond acceptors (Lipinski definition) is 12. The zero-order valence-electron chi connectivity index (χ0n) is 23.3. The van der Waals surface area contributed by atoms with E-state index < -0.39 is 29.9 Å². The molecule has 19 heteroatoms. The zero-order chi connectivity index (χ0) is 33.4. The zero-order valence-corrected chi connectivity index (χ0v) is 27.2. The summed E-state index contributed by atoms with van der Waals surface area (Å²) in [6, 6.07) is 21.2. The number of sulfone groups is 1. The van der Waals surface area contributed by atoms with Gasteiger partial charge in [-0.3, -0.25) is 0 Å². The van der Waals surface area contributed by atoms with E-state index in [-0.39, 0.29) is 43.4 Å². The van der Waals surface area contributed by atoms with Crippen LogP contribution >= 0.6 is 23.2 Å². The molecule has 0 aliphatic rings. The van der Waals surface area contributed by atoms with Crippen molar-refractivity contribution in [3.8, 4) is 22.9 Å². The Labute approximate surface area is 277 Å². The Morgan fingerprint density at radius 2 is 0.766 bits per heavy atom. The van der Waals surface area contributed by atoms with E-state index in [1.54, 1.807) is 0 Å². The molecule has 0 fully saturated rings. The van der Waals surface area contributed by atoms with Gasteiger partial charge in [-0.2, -0.15) is 0 Å². The third-order valence-corrected chi connectivity index (χ3v) is 11.3. The number of nitrogens with zero attached hydrogens (tertiary/aromatic N) is 4. The molecule has 6 aromatic rings. The molecule has 0 unspecified atom stereocenters. The molecule has 2 N–H and O–H groups in total. The lowest BCUT2D eigenvalue weighted by Gasteiger charge is -2.06. The van der Waals surface area contributed by atoms with E-state index in [0.29, 0.717) is 21.2 Å². The van der Waals surface area contributed by atoms with Gasteiger partial charge < -0.3 is 8.83 Å². The number of benzene rings is 4. The number of anilines is 2. The van der Waals surface area contributed by atoms with Crippen LogP contribution in [0.4, 0.5) is 12.0 Å². The highest BCUT2D eigenvalue weighted by Crippen LogP contribution is 2.29. The van der Waals surface area contributed by atoms with Gasteiger partial charge in [0.25, 0.3) is 20.0 Å². The van der Waals surface area contributed by atoms with Crippen molar-refractivity contribution < 1.29 is 34.1 Å². The average Bonchev–Trinajstić information content (AvgIpc) is 3.71. The number of hydrogen-bond donors (Lipinski definition) is 2. The van der Waals surface area contributed by atoms with Gasteiger partial charge >= 0.3 is 12.0 Å². The molecular formula is C28H18Cl2N6O8S3. The third kappa shape index (κ3) is 6.98. The molecule has 0 aliphatic heterocycles. The molecule has 0 amide bonds. The molecule has 0 aliphatic carbocycles. The van der Waals surface area contributed by atoms with Crippen LogP contribution < -0.4 is 9.44 Å². The second-order valence-corrected chi connectivity index (χ2v) is 15.7. The van der Waals surface area contributed by atoms with Crippen LogP contribution in [-0.2, 0) is 29.9 Å². The predicted molar refractivity (Wildman–Crippen MR) is 169 cm³/mol. The van der Waals surface area contributed by atoms with Gasteiger partial charge in [0.2, 0.25) is 21.6 Å². The van der Waals surface area contributed by atoms with Crippen molar-refractivity contribution >= 4 is 65.1 Å². The quantitative estimate of drug-likeness (QED) is 0.178. The van der Waals surface area contributed by atoms with Crippen molar-refractivity contribution in [1.29, 1.82) is 0 Å². The average molecular weight is 734 g/mol. The molecule has 4 aromatic carbocycles. The maximum Gasteiger partial charge on any atom is 0.330 e. The fourth-order valence-corrected chi connectivity index (χ4v) is 7.39. The molecule has 14 nitrogen and oxygen atoms in total. The highest BCUT2D eigenvalue weighted by molar-refractivity contribution is 7.93. The first kappa shape index (κ1) is 32.1. The van der Waals surface area contributed by atoms with Gasteiger partial charge in [0.15, 0.2) is 0 Å². The summed E-state index contributed by atoms with van der Waals surface area (Å²) in [7, 11) is -12.0. The first-order chi connectivity index (χ1) is 22.3. The molecule has 0 saturated carbocycles. The molecule has 0 saturated heterocycles.